The molecule has 10 heteroatoms. The van der Waals surface area contributed by atoms with Crippen LogP contribution in [0.25, 0.3) is 39.1 Å². The molecule has 47 heavy (non-hydrogen) atoms. The fraction of sp³-hybridized carbons (Fsp3) is 0.351. The molecule has 4 atom stereocenters. The van der Waals surface area contributed by atoms with Crippen molar-refractivity contribution in [2.75, 3.05) is 13.7 Å². The number of amides is 1. The molecule has 3 aliphatic carbocycles. The van der Waals surface area contributed by atoms with Gasteiger partial charge in [0.2, 0.25) is 5.56 Å². The third kappa shape index (κ3) is 4.16. The first-order chi connectivity index (χ1) is 23.0. The number of aromatic nitrogens is 6. The van der Waals surface area contributed by atoms with Gasteiger partial charge in [-0.2, -0.15) is 5.10 Å². The topological polar surface area (TPSA) is 103 Å². The molecule has 236 valence electrons. The number of carbonyl (C=O) groups is 1. The van der Waals surface area contributed by atoms with E-state index >= 15 is 0 Å². The highest BCUT2D eigenvalue weighted by molar-refractivity contribution is 6.00. The summed E-state index contributed by atoms with van der Waals surface area (Å²) in [6, 6.07) is 18.3. The number of rotatable bonds is 8. The number of nitrogens with one attached hydrogen (secondary N) is 1. The lowest BCUT2D eigenvalue weighted by Crippen LogP contribution is -2.53. The molecule has 6 aromatic rings. The highest BCUT2D eigenvalue weighted by atomic mass is 16.5. The molecule has 1 amide bonds. The van der Waals surface area contributed by atoms with Crippen molar-refractivity contribution in [1.29, 1.82) is 0 Å². The number of hydrogen-bond acceptors (Lipinski definition) is 5. The maximum atomic E-state index is 14.0. The van der Waals surface area contributed by atoms with Crippen LogP contribution in [0.15, 0.2) is 78.0 Å². The minimum absolute atomic E-state index is 0.0872. The SMILES string of the molecule is COc1cc(C(=O)N2CC3CC4CC2[C@H]43)cc2nc(-c3cc4ccccc4n3CC3CC3)n(Cc3cnn(-c4ccc(=O)[nH]c4)c3)c12. The number of imidazole rings is 1. The molecular formula is C37H35N7O3. The van der Waals surface area contributed by atoms with Gasteiger partial charge in [0.15, 0.2) is 5.82 Å². The van der Waals surface area contributed by atoms with Crippen LogP contribution in [0.5, 0.6) is 5.75 Å². The fourth-order valence-corrected chi connectivity index (χ4v) is 8.68. The van der Waals surface area contributed by atoms with Crippen molar-refractivity contribution in [3.63, 3.8) is 0 Å². The molecular weight excluding hydrogens is 590 g/mol. The van der Waals surface area contributed by atoms with E-state index in [9.17, 15) is 9.59 Å². The van der Waals surface area contributed by atoms with Crippen molar-refractivity contribution >= 4 is 27.8 Å². The van der Waals surface area contributed by atoms with Crippen molar-refractivity contribution in [3.05, 3.63) is 94.7 Å². The Morgan fingerprint density at radius 3 is 2.72 bits per heavy atom. The Balaban J connectivity index is 1.12. The zero-order valence-electron chi connectivity index (χ0n) is 26.2. The highest BCUT2D eigenvalue weighted by Crippen LogP contribution is 2.60. The molecule has 0 spiro atoms. The van der Waals surface area contributed by atoms with E-state index in [0.29, 0.717) is 41.7 Å². The van der Waals surface area contributed by atoms with Crippen molar-refractivity contribution in [3.8, 4) is 23.0 Å². The molecule has 1 N–H and O–H groups in total. The van der Waals surface area contributed by atoms with E-state index in [1.807, 2.05) is 24.5 Å². The third-order valence-corrected chi connectivity index (χ3v) is 11.2. The number of nitrogens with zero attached hydrogens (tertiary/aromatic N) is 6. The Morgan fingerprint density at radius 1 is 1.04 bits per heavy atom. The van der Waals surface area contributed by atoms with Gasteiger partial charge >= 0.3 is 0 Å². The molecule has 0 radical (unpaired) electrons. The minimum Gasteiger partial charge on any atom is -0.494 e. The lowest BCUT2D eigenvalue weighted by Gasteiger charge is -2.52. The van der Waals surface area contributed by atoms with Crippen LogP contribution in [0.2, 0.25) is 0 Å². The second kappa shape index (κ2) is 9.94. The van der Waals surface area contributed by atoms with E-state index in [2.05, 4.69) is 54.4 Å². The number of pyridine rings is 1. The first-order valence-electron chi connectivity index (χ1n) is 16.7. The van der Waals surface area contributed by atoms with Gasteiger partial charge in [-0.1, -0.05) is 18.2 Å². The Morgan fingerprint density at radius 2 is 1.94 bits per heavy atom. The van der Waals surface area contributed by atoms with Crippen molar-refractivity contribution < 1.29 is 9.53 Å². The van der Waals surface area contributed by atoms with Crippen LogP contribution in [-0.4, -0.2) is 59.4 Å². The van der Waals surface area contributed by atoms with Crippen molar-refractivity contribution in [1.82, 2.24) is 33.8 Å². The Labute approximate surface area is 270 Å². The minimum atomic E-state index is -0.156. The van der Waals surface area contributed by atoms with Gasteiger partial charge in [0.1, 0.15) is 11.3 Å². The van der Waals surface area contributed by atoms with Crippen molar-refractivity contribution in [2.24, 2.45) is 23.7 Å². The van der Waals surface area contributed by atoms with Gasteiger partial charge < -0.3 is 23.8 Å². The van der Waals surface area contributed by atoms with Gasteiger partial charge in [-0.15, -0.1) is 0 Å². The van der Waals surface area contributed by atoms with Crippen LogP contribution in [-0.2, 0) is 13.1 Å². The number of H-pyrrole nitrogens is 1. The Kier molecular flexibility index (Phi) is 5.72. The normalized spacial score (nSPS) is 22.8. The summed E-state index contributed by atoms with van der Waals surface area (Å²) in [4.78, 5) is 35.8. The van der Waals surface area contributed by atoms with E-state index in [4.69, 9.17) is 9.72 Å². The fourth-order valence-electron chi connectivity index (χ4n) is 8.68. The molecule has 3 unspecified atom stereocenters. The summed E-state index contributed by atoms with van der Waals surface area (Å²) in [7, 11) is 1.67. The maximum absolute atomic E-state index is 14.0. The first-order valence-corrected chi connectivity index (χ1v) is 16.7. The largest absolute Gasteiger partial charge is 0.494 e. The van der Waals surface area contributed by atoms with Crippen LogP contribution in [0.4, 0.5) is 0 Å². The molecule has 3 saturated carbocycles. The van der Waals surface area contributed by atoms with E-state index < -0.39 is 0 Å². The van der Waals surface area contributed by atoms with Gasteiger partial charge in [-0.25, -0.2) is 9.67 Å². The summed E-state index contributed by atoms with van der Waals surface area (Å²) < 4.78 is 12.4. The van der Waals surface area contributed by atoms with Crippen LogP contribution < -0.4 is 10.3 Å². The van der Waals surface area contributed by atoms with Crippen molar-refractivity contribution in [2.45, 2.75) is 44.8 Å². The van der Waals surface area contributed by atoms with E-state index in [1.165, 1.54) is 36.2 Å². The van der Waals surface area contributed by atoms with Gasteiger partial charge in [0.05, 0.1) is 36.7 Å². The number of ether oxygens (including phenoxy) is 1. The average Bonchev–Trinajstić information content (AvgIpc) is 3.47. The molecule has 4 aromatic heterocycles. The molecule has 4 fully saturated rings. The number of likely N-dealkylation sites (tertiary alicyclic amines) is 1. The second-order valence-corrected chi connectivity index (χ2v) is 14.0. The quantitative estimate of drug-likeness (QED) is 0.241. The third-order valence-electron chi connectivity index (χ3n) is 11.2. The Hall–Kier alpha value is -5.12. The lowest BCUT2D eigenvalue weighted by atomic mass is 9.53. The van der Waals surface area contributed by atoms with Gasteiger partial charge in [-0.3, -0.25) is 9.59 Å². The summed E-state index contributed by atoms with van der Waals surface area (Å²) in [5.41, 5.74) is 6.06. The molecule has 4 aliphatic rings. The molecule has 10 nitrogen and oxygen atoms in total. The standard InChI is InChI=1S/C37H35N7O3/c1-47-32-14-25(37(46)42-20-26-10-24-13-30(42)34(24)26)11-28-35(32)43(18-22-15-39-44(19-22)27-8-9-33(45)38-16-27)36(40-28)31-12-23-4-2-3-5-29(23)41(31)17-21-6-7-21/h2-5,8-9,11-12,14-16,19,21,24,26,30,34H,6-7,10,13,17-18,20H2,1H3,(H,38,45)/t24?,26?,30?,34-/m1/s1. The van der Waals surface area contributed by atoms with Gasteiger partial charge in [-0.05, 0) is 79.7 Å². The smallest absolute Gasteiger partial charge is 0.254 e. The average molecular weight is 626 g/mol. The number of hydrogen-bond donors (Lipinski definition) is 1. The van der Waals surface area contributed by atoms with Gasteiger partial charge in [0, 0.05) is 59.6 Å². The predicted octanol–water partition coefficient (Wildman–Crippen LogP) is 5.48. The number of carbonyl (C=O) groups excluding carboxylic acids is 1. The molecule has 10 rings (SSSR count). The number of fused-ring (bicyclic) bond motifs is 2. The summed E-state index contributed by atoms with van der Waals surface area (Å²) in [6.07, 6.45) is 10.4. The van der Waals surface area contributed by atoms with Crippen LogP contribution in [0, 0.1) is 23.7 Å². The number of benzene rings is 2. The van der Waals surface area contributed by atoms with E-state index in [-0.39, 0.29) is 11.5 Å². The number of para-hydroxylation sites is 1. The molecule has 1 aliphatic heterocycles. The summed E-state index contributed by atoms with van der Waals surface area (Å²) in [6.45, 7) is 2.30. The second-order valence-electron chi connectivity index (χ2n) is 14.0. The van der Waals surface area contributed by atoms with Gasteiger partial charge in [0.25, 0.3) is 5.91 Å². The molecule has 5 heterocycles. The highest BCUT2D eigenvalue weighted by Gasteiger charge is 2.61. The lowest BCUT2D eigenvalue weighted by molar-refractivity contribution is -0.0204. The molecule has 2 aromatic carbocycles. The predicted molar refractivity (Wildman–Crippen MR) is 178 cm³/mol. The summed E-state index contributed by atoms with van der Waals surface area (Å²) in [5, 5.41) is 5.78. The van der Waals surface area contributed by atoms with Crippen LogP contribution >= 0.6 is 0 Å². The number of aromatic amines is 1. The van der Waals surface area contributed by atoms with E-state index in [0.717, 1.165) is 59.2 Å². The zero-order valence-corrected chi connectivity index (χ0v) is 26.2. The first kappa shape index (κ1) is 27.0. The zero-order chi connectivity index (χ0) is 31.4. The summed E-state index contributed by atoms with van der Waals surface area (Å²) in [5.74, 6) is 4.43. The summed E-state index contributed by atoms with van der Waals surface area (Å²) >= 11 is 0. The molecule has 1 saturated heterocycles. The maximum Gasteiger partial charge on any atom is 0.254 e. The number of methoxy groups -OCH3 is 1. The van der Waals surface area contributed by atoms with Crippen LogP contribution in [0.3, 0.4) is 0 Å². The molecule has 0 bridgehead atoms. The van der Waals surface area contributed by atoms with Crippen LogP contribution in [0.1, 0.15) is 41.6 Å². The Bertz CT molecular complexity index is 2270. The monoisotopic (exact) mass is 625 g/mol. The van der Waals surface area contributed by atoms with E-state index in [1.54, 1.807) is 24.1 Å².